The fraction of sp³-hybridized carbons (Fsp3) is 0.231. The van der Waals surface area contributed by atoms with Gasteiger partial charge in [0, 0.05) is 40.5 Å². The summed E-state index contributed by atoms with van der Waals surface area (Å²) in [5.41, 5.74) is -0.943. The summed E-state index contributed by atoms with van der Waals surface area (Å²) < 4.78 is 44.9. The molecular formula is C52H46O18. The maximum Gasteiger partial charge on any atom is 0.342 e. The zero-order chi connectivity index (χ0) is 50.9. The monoisotopic (exact) mass is 958 g/mol. The van der Waals surface area contributed by atoms with E-state index in [4.69, 9.17) is 37.9 Å². The summed E-state index contributed by atoms with van der Waals surface area (Å²) in [4.78, 5) is 132. The Morgan fingerprint density at radius 2 is 0.757 bits per heavy atom. The molecule has 3 atom stereocenters. The molecule has 0 spiro atoms. The molecule has 5 rings (SSSR count). The highest BCUT2D eigenvalue weighted by molar-refractivity contribution is 6.00. The van der Waals surface area contributed by atoms with E-state index < -0.39 is 91.3 Å². The lowest BCUT2D eigenvalue weighted by Gasteiger charge is -2.33. The third-order valence-corrected chi connectivity index (χ3v) is 9.73. The van der Waals surface area contributed by atoms with Crippen LogP contribution in [0.4, 0.5) is 0 Å². The van der Waals surface area contributed by atoms with Gasteiger partial charge in [0.15, 0.2) is 18.0 Å². The van der Waals surface area contributed by atoms with Gasteiger partial charge in [0.1, 0.15) is 58.2 Å². The molecule has 5 aromatic rings. The van der Waals surface area contributed by atoms with Gasteiger partial charge in [-0.15, -0.1) is 0 Å². The van der Waals surface area contributed by atoms with E-state index in [0.717, 1.165) is 27.7 Å². The molecule has 0 saturated carbocycles. The number of rotatable bonds is 21. The fourth-order valence-electron chi connectivity index (χ4n) is 6.83. The van der Waals surface area contributed by atoms with Crippen LogP contribution >= 0.6 is 0 Å². The van der Waals surface area contributed by atoms with Crippen LogP contribution in [0.2, 0.25) is 0 Å². The van der Waals surface area contributed by atoms with Gasteiger partial charge in [0.2, 0.25) is 0 Å². The SMILES string of the molecule is CC(=O)Cc1ccccc1C(=O)OC(C(CCC(=O)c1ccccc1OC(C)=O)OC(=O)c1ccccc1OC(C)=O)C(COC(=O)c1ccccc1OC(C)=O)OC(=O)c1ccccc1OC(C)=O. The number of para-hydroxylation sites is 4. The molecule has 0 fully saturated rings. The Bertz CT molecular complexity index is 2660. The second-order valence-electron chi connectivity index (χ2n) is 15.2. The number of hydrogen-bond donors (Lipinski definition) is 0. The number of carbonyl (C=O) groups is 10. The van der Waals surface area contributed by atoms with Crippen molar-refractivity contribution in [3.05, 3.63) is 155 Å². The molecule has 5 aromatic carbocycles. The van der Waals surface area contributed by atoms with Crippen LogP contribution in [0, 0.1) is 0 Å². The average Bonchev–Trinajstić information content (AvgIpc) is 3.30. The van der Waals surface area contributed by atoms with Gasteiger partial charge < -0.3 is 37.9 Å². The third-order valence-electron chi connectivity index (χ3n) is 9.73. The summed E-state index contributed by atoms with van der Waals surface area (Å²) in [6.45, 7) is 4.69. The molecular weight excluding hydrogens is 913 g/mol. The van der Waals surface area contributed by atoms with Gasteiger partial charge in [-0.1, -0.05) is 66.7 Å². The van der Waals surface area contributed by atoms with Gasteiger partial charge >= 0.3 is 47.8 Å². The molecule has 0 N–H and O–H groups in total. The Morgan fingerprint density at radius 3 is 1.20 bits per heavy atom. The molecule has 0 aliphatic rings. The highest BCUT2D eigenvalue weighted by atomic mass is 16.6. The molecule has 18 heteroatoms. The van der Waals surface area contributed by atoms with Crippen LogP contribution < -0.4 is 18.9 Å². The van der Waals surface area contributed by atoms with E-state index in [1.807, 2.05) is 0 Å². The second kappa shape index (κ2) is 24.8. The lowest BCUT2D eigenvalue weighted by molar-refractivity contribution is -0.133. The molecule has 0 heterocycles. The van der Waals surface area contributed by atoms with E-state index in [1.54, 1.807) is 6.07 Å². The summed E-state index contributed by atoms with van der Waals surface area (Å²) in [7, 11) is 0. The predicted molar refractivity (Wildman–Crippen MR) is 243 cm³/mol. The molecule has 0 aromatic heterocycles. The zero-order valence-corrected chi connectivity index (χ0v) is 38.5. The van der Waals surface area contributed by atoms with E-state index in [-0.39, 0.29) is 68.6 Å². The highest BCUT2D eigenvalue weighted by Gasteiger charge is 2.41. The van der Waals surface area contributed by atoms with Crippen molar-refractivity contribution >= 4 is 59.3 Å². The normalized spacial score (nSPS) is 11.8. The number of hydrogen-bond acceptors (Lipinski definition) is 18. The second-order valence-corrected chi connectivity index (χ2v) is 15.2. The Labute approximate surface area is 400 Å². The number of benzene rings is 5. The van der Waals surface area contributed by atoms with Crippen LogP contribution in [0.15, 0.2) is 121 Å². The van der Waals surface area contributed by atoms with Crippen LogP contribution in [0.5, 0.6) is 23.0 Å². The summed E-state index contributed by atoms with van der Waals surface area (Å²) in [5.74, 6) is -9.71. The van der Waals surface area contributed by atoms with Crippen molar-refractivity contribution in [2.24, 2.45) is 0 Å². The third kappa shape index (κ3) is 14.9. The number of Topliss-reactive ketones (excluding diaryl/α,β-unsaturated/α-hetero) is 2. The predicted octanol–water partition coefficient (Wildman–Crippen LogP) is 7.02. The molecule has 0 aliphatic heterocycles. The largest absolute Gasteiger partial charge is 0.458 e. The maximum atomic E-state index is 14.5. The Morgan fingerprint density at radius 1 is 0.400 bits per heavy atom. The summed E-state index contributed by atoms with van der Waals surface area (Å²) in [6, 6.07) is 28.0. The maximum absolute atomic E-state index is 14.5. The van der Waals surface area contributed by atoms with Crippen LogP contribution in [-0.4, -0.2) is 84.2 Å². The van der Waals surface area contributed by atoms with Gasteiger partial charge in [-0.3, -0.25) is 28.8 Å². The summed E-state index contributed by atoms with van der Waals surface area (Å²) in [5, 5.41) is 0. The highest BCUT2D eigenvalue weighted by Crippen LogP contribution is 2.30. The molecule has 18 nitrogen and oxygen atoms in total. The van der Waals surface area contributed by atoms with Crippen molar-refractivity contribution < 1.29 is 85.8 Å². The molecule has 0 saturated heterocycles. The van der Waals surface area contributed by atoms with Gasteiger partial charge in [-0.25, -0.2) is 19.2 Å². The molecule has 362 valence electrons. The standard InChI is InChI=1S/C52H46O18/c1-30(53)28-35-16-6-7-17-36(35)50(60)70-48(46(68-51(61)39-20-10-14-24-44(39)66-33(4)56)27-26-41(58)37-18-8-12-22-42(37)64-31(2)54)47(69-52(62)40-21-11-15-25-45(40)67-34(5)57)29-63-49(59)38-19-9-13-23-43(38)65-32(3)55/h6-25,46-48H,26-29H2,1-5H3. The lowest BCUT2D eigenvalue weighted by atomic mass is 9.97. The molecule has 0 bridgehead atoms. The van der Waals surface area contributed by atoms with Crippen LogP contribution in [-0.2, 0) is 49.3 Å². The van der Waals surface area contributed by atoms with E-state index in [0.29, 0.717) is 0 Å². The van der Waals surface area contributed by atoms with Crippen molar-refractivity contribution in [2.75, 3.05) is 6.61 Å². The average molecular weight is 959 g/mol. The summed E-state index contributed by atoms with van der Waals surface area (Å²) in [6.07, 6.45) is -7.27. The molecule has 0 aliphatic carbocycles. The van der Waals surface area contributed by atoms with Crippen molar-refractivity contribution in [3.8, 4) is 23.0 Å². The van der Waals surface area contributed by atoms with Gasteiger partial charge in [-0.05, 0) is 73.5 Å². The van der Waals surface area contributed by atoms with Crippen molar-refractivity contribution in [1.82, 2.24) is 0 Å². The molecule has 70 heavy (non-hydrogen) atoms. The fourth-order valence-corrected chi connectivity index (χ4v) is 6.83. The van der Waals surface area contributed by atoms with Crippen LogP contribution in [0.1, 0.15) is 105 Å². The molecule has 0 radical (unpaired) electrons. The minimum absolute atomic E-state index is 0.0693. The first kappa shape index (κ1) is 52.2. The number of carbonyl (C=O) groups excluding carboxylic acids is 10. The van der Waals surface area contributed by atoms with Crippen molar-refractivity contribution in [1.29, 1.82) is 0 Å². The smallest absolute Gasteiger partial charge is 0.342 e. The Kier molecular flexibility index (Phi) is 18.5. The zero-order valence-electron chi connectivity index (χ0n) is 38.5. The first-order chi connectivity index (χ1) is 33.4. The van der Waals surface area contributed by atoms with E-state index in [9.17, 15) is 47.9 Å². The Hall–Kier alpha value is -8.80. The van der Waals surface area contributed by atoms with Gasteiger partial charge in [-0.2, -0.15) is 0 Å². The van der Waals surface area contributed by atoms with Gasteiger partial charge in [0.05, 0.1) is 11.1 Å². The number of esters is 8. The van der Waals surface area contributed by atoms with Crippen molar-refractivity contribution in [3.63, 3.8) is 0 Å². The first-order valence-corrected chi connectivity index (χ1v) is 21.4. The quantitative estimate of drug-likeness (QED) is 0.0310. The number of ketones is 2. The van der Waals surface area contributed by atoms with Gasteiger partial charge in [0.25, 0.3) is 0 Å². The van der Waals surface area contributed by atoms with Crippen LogP contribution in [0.3, 0.4) is 0 Å². The minimum atomic E-state index is -2.06. The lowest BCUT2D eigenvalue weighted by Crippen LogP contribution is -2.48. The number of ether oxygens (including phenoxy) is 8. The molecule has 0 amide bonds. The van der Waals surface area contributed by atoms with Crippen LogP contribution in [0.25, 0.3) is 0 Å². The van der Waals surface area contributed by atoms with E-state index in [1.165, 1.54) is 122 Å². The van der Waals surface area contributed by atoms with E-state index >= 15 is 0 Å². The topological polar surface area (TPSA) is 245 Å². The first-order valence-electron chi connectivity index (χ1n) is 21.4. The summed E-state index contributed by atoms with van der Waals surface area (Å²) >= 11 is 0. The minimum Gasteiger partial charge on any atom is -0.458 e. The van der Waals surface area contributed by atoms with E-state index in [2.05, 4.69) is 0 Å². The molecule has 3 unspecified atom stereocenters. The Balaban J connectivity index is 1.71. The van der Waals surface area contributed by atoms with Crippen molar-refractivity contribution in [2.45, 2.75) is 72.2 Å².